The SMILES string of the molecule is C/C=C(/CCNC)c1ccccc1. The van der Waals surface area contributed by atoms with Crippen molar-refractivity contribution in [2.24, 2.45) is 0 Å². The van der Waals surface area contributed by atoms with Crippen LogP contribution >= 0.6 is 0 Å². The van der Waals surface area contributed by atoms with Gasteiger partial charge in [0.2, 0.25) is 0 Å². The Bertz CT molecular complexity index is 262. The number of benzene rings is 1. The highest BCUT2D eigenvalue weighted by molar-refractivity contribution is 5.65. The smallest absolute Gasteiger partial charge is 0.00113 e. The van der Waals surface area contributed by atoms with E-state index in [1.807, 2.05) is 7.05 Å². The topological polar surface area (TPSA) is 12.0 Å². The van der Waals surface area contributed by atoms with Crippen LogP contribution in [0.4, 0.5) is 0 Å². The van der Waals surface area contributed by atoms with Crippen molar-refractivity contribution in [1.82, 2.24) is 5.32 Å². The van der Waals surface area contributed by atoms with E-state index in [4.69, 9.17) is 0 Å². The first-order valence-corrected chi connectivity index (χ1v) is 4.73. The number of nitrogens with one attached hydrogen (secondary N) is 1. The van der Waals surface area contributed by atoms with E-state index in [9.17, 15) is 0 Å². The van der Waals surface area contributed by atoms with Crippen LogP contribution in [0.3, 0.4) is 0 Å². The van der Waals surface area contributed by atoms with E-state index in [-0.39, 0.29) is 0 Å². The third kappa shape index (κ3) is 3.03. The normalized spacial score (nSPS) is 11.7. The van der Waals surface area contributed by atoms with Crippen molar-refractivity contribution in [1.29, 1.82) is 0 Å². The molecule has 1 rings (SSSR count). The summed E-state index contributed by atoms with van der Waals surface area (Å²) in [5.41, 5.74) is 2.75. The molecule has 0 aliphatic heterocycles. The van der Waals surface area contributed by atoms with Crippen LogP contribution in [0.5, 0.6) is 0 Å². The van der Waals surface area contributed by atoms with Crippen molar-refractivity contribution in [2.75, 3.05) is 13.6 Å². The van der Waals surface area contributed by atoms with Crippen LogP contribution in [0.2, 0.25) is 0 Å². The average Bonchev–Trinajstić information content (AvgIpc) is 2.21. The lowest BCUT2D eigenvalue weighted by Crippen LogP contribution is -2.07. The molecule has 0 bridgehead atoms. The third-order valence-electron chi connectivity index (χ3n) is 2.14. The van der Waals surface area contributed by atoms with Crippen LogP contribution in [0.15, 0.2) is 36.4 Å². The summed E-state index contributed by atoms with van der Waals surface area (Å²) in [5, 5.41) is 3.16. The van der Waals surface area contributed by atoms with Crippen molar-refractivity contribution in [3.8, 4) is 0 Å². The van der Waals surface area contributed by atoms with E-state index >= 15 is 0 Å². The molecule has 1 N–H and O–H groups in total. The van der Waals surface area contributed by atoms with E-state index in [0.29, 0.717) is 0 Å². The number of rotatable bonds is 4. The minimum atomic E-state index is 1.04. The van der Waals surface area contributed by atoms with Crippen molar-refractivity contribution < 1.29 is 0 Å². The lowest BCUT2D eigenvalue weighted by molar-refractivity contribution is 0.815. The molecule has 1 aromatic rings. The van der Waals surface area contributed by atoms with Gasteiger partial charge >= 0.3 is 0 Å². The molecule has 0 heterocycles. The summed E-state index contributed by atoms with van der Waals surface area (Å²) in [4.78, 5) is 0. The van der Waals surface area contributed by atoms with Gasteiger partial charge in [-0.2, -0.15) is 0 Å². The zero-order valence-corrected chi connectivity index (χ0v) is 8.38. The highest BCUT2D eigenvalue weighted by atomic mass is 14.8. The van der Waals surface area contributed by atoms with Crippen molar-refractivity contribution in [3.63, 3.8) is 0 Å². The molecule has 0 amide bonds. The minimum Gasteiger partial charge on any atom is -0.319 e. The zero-order chi connectivity index (χ0) is 9.52. The Kier molecular flexibility index (Phi) is 4.27. The summed E-state index contributed by atoms with van der Waals surface area (Å²) < 4.78 is 0. The fourth-order valence-corrected chi connectivity index (χ4v) is 1.37. The van der Waals surface area contributed by atoms with Crippen LogP contribution in [0.25, 0.3) is 5.57 Å². The van der Waals surface area contributed by atoms with Gasteiger partial charge in [-0.15, -0.1) is 0 Å². The molecule has 0 radical (unpaired) electrons. The molecule has 13 heavy (non-hydrogen) atoms. The van der Waals surface area contributed by atoms with Crippen LogP contribution in [0, 0.1) is 0 Å². The van der Waals surface area contributed by atoms with Gasteiger partial charge in [0.25, 0.3) is 0 Å². The third-order valence-corrected chi connectivity index (χ3v) is 2.14. The molecule has 0 aromatic heterocycles. The Hall–Kier alpha value is -1.08. The molecular weight excluding hydrogens is 158 g/mol. The number of hydrogen-bond acceptors (Lipinski definition) is 1. The van der Waals surface area contributed by atoms with Gasteiger partial charge in [0.15, 0.2) is 0 Å². The monoisotopic (exact) mass is 175 g/mol. The molecule has 0 spiro atoms. The minimum absolute atomic E-state index is 1.04. The van der Waals surface area contributed by atoms with Gasteiger partial charge < -0.3 is 5.32 Å². The highest BCUT2D eigenvalue weighted by Crippen LogP contribution is 2.16. The quantitative estimate of drug-likeness (QED) is 0.742. The van der Waals surface area contributed by atoms with Gasteiger partial charge in [0, 0.05) is 0 Å². The molecule has 70 valence electrons. The summed E-state index contributed by atoms with van der Waals surface area (Å²) in [6, 6.07) is 10.5. The van der Waals surface area contributed by atoms with Crippen molar-refractivity contribution in [2.45, 2.75) is 13.3 Å². The van der Waals surface area contributed by atoms with E-state index < -0.39 is 0 Å². The van der Waals surface area contributed by atoms with E-state index in [2.05, 4.69) is 48.6 Å². The summed E-state index contributed by atoms with van der Waals surface area (Å²) in [6.45, 7) is 3.13. The first-order valence-electron chi connectivity index (χ1n) is 4.73. The fraction of sp³-hybridized carbons (Fsp3) is 0.333. The molecule has 0 unspecified atom stereocenters. The Morgan fingerprint density at radius 2 is 2.00 bits per heavy atom. The molecule has 1 aromatic carbocycles. The maximum absolute atomic E-state index is 3.16. The summed E-state index contributed by atoms with van der Waals surface area (Å²) in [5.74, 6) is 0. The molecule has 1 heteroatoms. The Balaban J connectivity index is 2.69. The van der Waals surface area contributed by atoms with Crippen LogP contribution in [0.1, 0.15) is 18.9 Å². The maximum Gasteiger partial charge on any atom is -0.00113 e. The molecule has 0 saturated heterocycles. The van der Waals surface area contributed by atoms with Gasteiger partial charge in [-0.25, -0.2) is 0 Å². The van der Waals surface area contributed by atoms with Gasteiger partial charge in [-0.05, 0) is 38.1 Å². The number of hydrogen-bond donors (Lipinski definition) is 1. The zero-order valence-electron chi connectivity index (χ0n) is 8.38. The Labute approximate surface area is 80.5 Å². The predicted molar refractivity (Wildman–Crippen MR) is 58.6 cm³/mol. The van der Waals surface area contributed by atoms with E-state index in [1.54, 1.807) is 0 Å². The predicted octanol–water partition coefficient (Wildman–Crippen LogP) is 2.70. The lowest BCUT2D eigenvalue weighted by Gasteiger charge is -2.06. The lowest BCUT2D eigenvalue weighted by atomic mass is 10.0. The van der Waals surface area contributed by atoms with Crippen molar-refractivity contribution in [3.05, 3.63) is 42.0 Å². The molecule has 0 aliphatic carbocycles. The number of allylic oxidation sites excluding steroid dienone is 1. The Morgan fingerprint density at radius 3 is 2.54 bits per heavy atom. The molecular formula is C12H17N. The fourth-order valence-electron chi connectivity index (χ4n) is 1.37. The van der Waals surface area contributed by atoms with E-state index in [0.717, 1.165) is 13.0 Å². The second-order valence-corrected chi connectivity index (χ2v) is 3.03. The largest absolute Gasteiger partial charge is 0.319 e. The first-order chi connectivity index (χ1) is 6.38. The summed E-state index contributed by atoms with van der Waals surface area (Å²) in [6.07, 6.45) is 3.28. The van der Waals surface area contributed by atoms with Crippen LogP contribution in [-0.4, -0.2) is 13.6 Å². The van der Waals surface area contributed by atoms with Gasteiger partial charge in [-0.3, -0.25) is 0 Å². The van der Waals surface area contributed by atoms with E-state index in [1.165, 1.54) is 11.1 Å². The molecule has 0 aliphatic rings. The van der Waals surface area contributed by atoms with Crippen LogP contribution < -0.4 is 5.32 Å². The molecule has 0 atom stereocenters. The second kappa shape index (κ2) is 5.55. The standard InChI is InChI=1S/C12H17N/c1-3-11(9-10-13-2)12-7-5-4-6-8-12/h3-8,13H,9-10H2,1-2H3/b11-3-. The highest BCUT2D eigenvalue weighted by Gasteiger charge is 1.97. The maximum atomic E-state index is 3.16. The second-order valence-electron chi connectivity index (χ2n) is 3.03. The van der Waals surface area contributed by atoms with Crippen LogP contribution in [-0.2, 0) is 0 Å². The molecule has 0 saturated carbocycles. The average molecular weight is 175 g/mol. The first kappa shape index (κ1) is 10.0. The Morgan fingerprint density at radius 1 is 1.31 bits per heavy atom. The summed E-state index contributed by atoms with van der Waals surface area (Å²) in [7, 11) is 1.98. The molecule has 0 fully saturated rings. The van der Waals surface area contributed by atoms with Crippen molar-refractivity contribution >= 4 is 5.57 Å². The molecule has 1 nitrogen and oxygen atoms in total. The summed E-state index contributed by atoms with van der Waals surface area (Å²) >= 11 is 0. The van der Waals surface area contributed by atoms with Gasteiger partial charge in [-0.1, -0.05) is 36.4 Å². The van der Waals surface area contributed by atoms with Gasteiger partial charge in [0.05, 0.1) is 0 Å². The van der Waals surface area contributed by atoms with Gasteiger partial charge in [0.1, 0.15) is 0 Å².